The molecule has 29 heavy (non-hydrogen) atoms. The van der Waals surface area contributed by atoms with Crippen LogP contribution in [-0.2, 0) is 12.3 Å². The summed E-state index contributed by atoms with van der Waals surface area (Å²) in [6.07, 6.45) is 4.06. The fourth-order valence-electron chi connectivity index (χ4n) is 3.50. The highest BCUT2D eigenvalue weighted by Crippen LogP contribution is 2.40. The van der Waals surface area contributed by atoms with E-state index >= 15 is 0 Å². The first kappa shape index (κ1) is 18.7. The van der Waals surface area contributed by atoms with Crippen LogP contribution in [0.1, 0.15) is 47.0 Å². The van der Waals surface area contributed by atoms with Crippen LogP contribution in [0, 0.1) is 13.8 Å². The number of nitrogens with zero attached hydrogens (tertiary/aromatic N) is 4. The van der Waals surface area contributed by atoms with Crippen molar-refractivity contribution in [3.63, 3.8) is 0 Å². The van der Waals surface area contributed by atoms with E-state index in [1.807, 2.05) is 12.1 Å². The fraction of sp³-hybridized carbons (Fsp3) is 0.318. The second-order valence-corrected chi connectivity index (χ2v) is 8.89. The molecule has 0 amide bonds. The Morgan fingerprint density at radius 1 is 1.21 bits per heavy atom. The molecule has 3 aromatic heterocycles. The van der Waals surface area contributed by atoms with E-state index in [1.165, 1.54) is 24.0 Å². The number of fused-ring (bicyclic) bond motifs is 1. The van der Waals surface area contributed by atoms with E-state index in [-0.39, 0.29) is 0 Å². The summed E-state index contributed by atoms with van der Waals surface area (Å²) >= 11 is 8.17. The van der Waals surface area contributed by atoms with Crippen molar-refractivity contribution >= 4 is 34.3 Å². The maximum absolute atomic E-state index is 6.53. The van der Waals surface area contributed by atoms with E-state index in [0.717, 1.165) is 33.2 Å². The lowest BCUT2D eigenvalue weighted by Gasteiger charge is -2.10. The van der Waals surface area contributed by atoms with Crippen molar-refractivity contribution in [3.8, 4) is 0 Å². The third kappa shape index (κ3) is 3.67. The van der Waals surface area contributed by atoms with Gasteiger partial charge in [-0.1, -0.05) is 35.5 Å². The Hall–Kier alpha value is -2.31. The predicted octanol–water partition coefficient (Wildman–Crippen LogP) is 5.91. The maximum Gasteiger partial charge on any atom is 0.191 e. The first-order chi connectivity index (χ1) is 14.1. The number of furan rings is 1. The van der Waals surface area contributed by atoms with Crippen molar-refractivity contribution in [2.24, 2.45) is 0 Å². The Labute approximate surface area is 178 Å². The predicted molar refractivity (Wildman–Crippen MR) is 116 cm³/mol. The Morgan fingerprint density at radius 2 is 2.07 bits per heavy atom. The zero-order chi connectivity index (χ0) is 20.0. The molecule has 148 valence electrons. The largest absolute Gasteiger partial charge is 0.467 e. The van der Waals surface area contributed by atoms with E-state index in [0.29, 0.717) is 23.4 Å². The lowest BCUT2D eigenvalue weighted by molar-refractivity contribution is 0.478. The van der Waals surface area contributed by atoms with Crippen molar-refractivity contribution in [1.29, 1.82) is 0 Å². The van der Waals surface area contributed by atoms with Gasteiger partial charge in [-0.05, 0) is 56.0 Å². The van der Waals surface area contributed by atoms with E-state index < -0.39 is 0 Å². The van der Waals surface area contributed by atoms with Gasteiger partial charge >= 0.3 is 0 Å². The highest BCUT2D eigenvalue weighted by Gasteiger charge is 2.30. The average Bonchev–Trinajstić information content (AvgIpc) is 3.28. The van der Waals surface area contributed by atoms with Crippen LogP contribution in [0.2, 0.25) is 5.15 Å². The van der Waals surface area contributed by atoms with E-state index in [4.69, 9.17) is 16.0 Å². The molecule has 0 spiro atoms. The Balaban J connectivity index is 1.43. The first-order valence-electron chi connectivity index (χ1n) is 9.74. The van der Waals surface area contributed by atoms with E-state index in [9.17, 15) is 0 Å². The monoisotopic (exact) mass is 424 g/mol. The van der Waals surface area contributed by atoms with Crippen LogP contribution in [0.5, 0.6) is 0 Å². The number of aryl methyl sites for hydroxylation is 2. The number of aromatic nitrogens is 4. The highest BCUT2D eigenvalue weighted by atomic mass is 35.5. The van der Waals surface area contributed by atoms with Crippen LogP contribution in [0.3, 0.4) is 0 Å². The van der Waals surface area contributed by atoms with Gasteiger partial charge in [-0.2, -0.15) is 0 Å². The quantitative estimate of drug-likeness (QED) is 0.284. The van der Waals surface area contributed by atoms with Crippen molar-refractivity contribution in [2.45, 2.75) is 50.1 Å². The Bertz CT molecular complexity index is 1180. The number of pyridine rings is 1. The molecule has 0 bridgehead atoms. The molecule has 0 atom stereocenters. The number of rotatable bonds is 6. The summed E-state index contributed by atoms with van der Waals surface area (Å²) in [5, 5.41) is 11.5. The third-order valence-electron chi connectivity index (χ3n) is 5.48. The molecule has 4 aromatic rings. The molecule has 1 aromatic carbocycles. The van der Waals surface area contributed by atoms with Gasteiger partial charge in [0.2, 0.25) is 0 Å². The van der Waals surface area contributed by atoms with Gasteiger partial charge in [0.05, 0.1) is 18.3 Å². The van der Waals surface area contributed by atoms with Crippen LogP contribution in [0.15, 0.2) is 46.2 Å². The summed E-state index contributed by atoms with van der Waals surface area (Å²) < 4.78 is 7.73. The van der Waals surface area contributed by atoms with Crippen molar-refractivity contribution in [3.05, 3.63) is 70.0 Å². The van der Waals surface area contributed by atoms with Crippen LogP contribution < -0.4 is 0 Å². The van der Waals surface area contributed by atoms with Gasteiger partial charge in [-0.3, -0.25) is 4.57 Å². The zero-order valence-electron chi connectivity index (χ0n) is 16.4. The SMILES string of the molecule is Cc1ccc2cc(CSc3nnc(C4CC4)n3Cc3ccco3)c(Cl)nc2c1C. The minimum Gasteiger partial charge on any atom is -0.467 e. The molecule has 0 saturated heterocycles. The zero-order valence-corrected chi connectivity index (χ0v) is 17.9. The van der Waals surface area contributed by atoms with Crippen molar-refractivity contribution in [1.82, 2.24) is 19.7 Å². The number of halogens is 1. The molecular formula is C22H21ClN4OS. The second-order valence-electron chi connectivity index (χ2n) is 7.59. The molecule has 1 fully saturated rings. The molecule has 3 heterocycles. The van der Waals surface area contributed by atoms with Gasteiger partial charge < -0.3 is 4.42 Å². The summed E-state index contributed by atoms with van der Waals surface area (Å²) in [5.74, 6) is 3.17. The van der Waals surface area contributed by atoms with Crippen LogP contribution in [-0.4, -0.2) is 19.7 Å². The minimum atomic E-state index is 0.518. The summed E-state index contributed by atoms with van der Waals surface area (Å²) in [5.41, 5.74) is 4.38. The minimum absolute atomic E-state index is 0.518. The smallest absolute Gasteiger partial charge is 0.191 e. The van der Waals surface area contributed by atoms with Crippen LogP contribution in [0.25, 0.3) is 10.9 Å². The molecule has 0 N–H and O–H groups in total. The lowest BCUT2D eigenvalue weighted by atomic mass is 10.0. The molecule has 1 aliphatic carbocycles. The van der Waals surface area contributed by atoms with Gasteiger partial charge in [0.25, 0.3) is 0 Å². The lowest BCUT2D eigenvalue weighted by Crippen LogP contribution is -2.05. The van der Waals surface area contributed by atoms with Gasteiger partial charge in [0.15, 0.2) is 5.16 Å². The standard InChI is InChI=1S/C22H21ClN4OS/c1-13-5-6-16-10-17(20(23)24-19(16)14(13)2)12-29-22-26-25-21(15-7-8-15)27(22)11-18-4-3-9-28-18/h3-6,9-10,15H,7-8,11-12H2,1-2H3. The van der Waals surface area contributed by atoms with Crippen molar-refractivity contribution in [2.75, 3.05) is 0 Å². The number of hydrogen-bond donors (Lipinski definition) is 0. The molecule has 0 radical (unpaired) electrons. The Kier molecular flexibility index (Phi) is 4.84. The molecule has 7 heteroatoms. The fourth-order valence-corrected chi connectivity index (χ4v) is 4.71. The van der Waals surface area contributed by atoms with Gasteiger partial charge in [-0.15, -0.1) is 10.2 Å². The number of hydrogen-bond acceptors (Lipinski definition) is 5. The van der Waals surface area contributed by atoms with Crippen LogP contribution >= 0.6 is 23.4 Å². The van der Waals surface area contributed by atoms with Gasteiger partial charge in [0.1, 0.15) is 16.7 Å². The number of thioether (sulfide) groups is 1. The summed E-state index contributed by atoms with van der Waals surface area (Å²) in [4.78, 5) is 4.67. The number of benzene rings is 1. The van der Waals surface area contributed by atoms with E-state index in [1.54, 1.807) is 18.0 Å². The topological polar surface area (TPSA) is 56.7 Å². The van der Waals surface area contributed by atoms with Gasteiger partial charge in [0, 0.05) is 22.6 Å². The summed E-state index contributed by atoms with van der Waals surface area (Å²) in [7, 11) is 0. The molecule has 5 nitrogen and oxygen atoms in total. The molecule has 5 rings (SSSR count). The summed E-state index contributed by atoms with van der Waals surface area (Å²) in [6.45, 7) is 4.83. The molecular weight excluding hydrogens is 404 g/mol. The maximum atomic E-state index is 6.53. The first-order valence-corrected chi connectivity index (χ1v) is 11.1. The molecule has 1 aliphatic rings. The summed E-state index contributed by atoms with van der Waals surface area (Å²) in [6, 6.07) is 10.3. The van der Waals surface area contributed by atoms with Gasteiger partial charge in [-0.25, -0.2) is 4.98 Å². The second kappa shape index (κ2) is 7.50. The Morgan fingerprint density at radius 3 is 2.83 bits per heavy atom. The molecule has 0 aliphatic heterocycles. The highest BCUT2D eigenvalue weighted by molar-refractivity contribution is 7.98. The normalized spacial score (nSPS) is 14.0. The van der Waals surface area contributed by atoms with Crippen molar-refractivity contribution < 1.29 is 4.42 Å². The molecule has 1 saturated carbocycles. The van der Waals surface area contributed by atoms with E-state index in [2.05, 4.69) is 51.8 Å². The van der Waals surface area contributed by atoms with Crippen LogP contribution in [0.4, 0.5) is 0 Å². The molecule has 0 unspecified atom stereocenters. The average molecular weight is 425 g/mol. The third-order valence-corrected chi connectivity index (χ3v) is 6.82.